The Balaban J connectivity index is 2.05. The van der Waals surface area contributed by atoms with Gasteiger partial charge in [0.05, 0.1) is 5.41 Å². The van der Waals surface area contributed by atoms with Gasteiger partial charge in [-0.2, -0.15) is 0 Å². The molecule has 3 nitrogen and oxygen atoms in total. The minimum absolute atomic E-state index is 0.499. The predicted octanol–water partition coefficient (Wildman–Crippen LogP) is 3.30. The normalized spacial score (nSPS) is 27.9. The van der Waals surface area contributed by atoms with E-state index in [1.165, 1.54) is 12.0 Å². The number of carboxylic acid groups (broad SMARTS) is 1. The molecule has 1 fully saturated rings. The van der Waals surface area contributed by atoms with Gasteiger partial charge in [-0.3, -0.25) is 9.78 Å². The van der Waals surface area contributed by atoms with Crippen LogP contribution in [0.3, 0.4) is 0 Å². The van der Waals surface area contributed by atoms with E-state index in [2.05, 4.69) is 11.9 Å². The molecule has 1 aliphatic rings. The largest absolute Gasteiger partial charge is 0.481 e. The lowest BCUT2D eigenvalue weighted by atomic mass is 9.67. The Labute approximate surface area is 108 Å². The summed E-state index contributed by atoms with van der Waals surface area (Å²) in [4.78, 5) is 15.6. The Bertz CT molecular complexity index is 404. The van der Waals surface area contributed by atoms with Gasteiger partial charge in [-0.1, -0.05) is 19.8 Å². The van der Waals surface area contributed by atoms with Crippen LogP contribution in [-0.4, -0.2) is 16.1 Å². The highest BCUT2D eigenvalue weighted by Gasteiger charge is 2.41. The fraction of sp³-hybridized carbons (Fsp3) is 0.600. The number of hydrogen-bond donors (Lipinski definition) is 1. The quantitative estimate of drug-likeness (QED) is 0.888. The molecule has 0 amide bonds. The van der Waals surface area contributed by atoms with Crippen molar-refractivity contribution in [3.05, 3.63) is 30.1 Å². The van der Waals surface area contributed by atoms with E-state index in [4.69, 9.17) is 0 Å². The van der Waals surface area contributed by atoms with Crippen LogP contribution in [0.1, 0.15) is 44.6 Å². The van der Waals surface area contributed by atoms with Crippen molar-refractivity contribution in [2.45, 2.75) is 45.4 Å². The van der Waals surface area contributed by atoms with Gasteiger partial charge in [0.25, 0.3) is 0 Å². The first-order valence-electron chi connectivity index (χ1n) is 6.75. The molecule has 1 aromatic rings. The lowest BCUT2D eigenvalue weighted by Gasteiger charge is -2.36. The van der Waals surface area contributed by atoms with E-state index in [1.807, 2.05) is 12.1 Å². The zero-order valence-electron chi connectivity index (χ0n) is 10.9. The summed E-state index contributed by atoms with van der Waals surface area (Å²) in [5, 5.41) is 9.57. The van der Waals surface area contributed by atoms with E-state index in [1.54, 1.807) is 12.4 Å². The fourth-order valence-electron chi connectivity index (χ4n) is 3.12. The summed E-state index contributed by atoms with van der Waals surface area (Å²) in [7, 11) is 0. The van der Waals surface area contributed by atoms with Crippen LogP contribution in [0.15, 0.2) is 24.5 Å². The zero-order valence-corrected chi connectivity index (χ0v) is 10.9. The van der Waals surface area contributed by atoms with E-state index >= 15 is 0 Å². The van der Waals surface area contributed by atoms with Gasteiger partial charge < -0.3 is 5.11 Å². The van der Waals surface area contributed by atoms with Crippen molar-refractivity contribution in [1.29, 1.82) is 0 Å². The maximum atomic E-state index is 11.6. The first-order valence-corrected chi connectivity index (χ1v) is 6.75. The van der Waals surface area contributed by atoms with Gasteiger partial charge in [0.15, 0.2) is 0 Å². The molecule has 1 aromatic heterocycles. The van der Waals surface area contributed by atoms with Crippen LogP contribution in [0.4, 0.5) is 0 Å². The van der Waals surface area contributed by atoms with Crippen molar-refractivity contribution >= 4 is 5.97 Å². The number of pyridine rings is 1. The second-order valence-electron chi connectivity index (χ2n) is 5.64. The number of rotatable bonds is 4. The maximum absolute atomic E-state index is 11.6. The molecule has 0 bridgehead atoms. The van der Waals surface area contributed by atoms with Crippen LogP contribution in [0.5, 0.6) is 0 Å². The molecular weight excluding hydrogens is 226 g/mol. The van der Waals surface area contributed by atoms with Gasteiger partial charge in [-0.15, -0.1) is 0 Å². The number of nitrogens with zero attached hydrogens (tertiary/aromatic N) is 1. The summed E-state index contributed by atoms with van der Waals surface area (Å²) < 4.78 is 0. The van der Waals surface area contributed by atoms with E-state index in [0.717, 1.165) is 32.1 Å². The van der Waals surface area contributed by atoms with Crippen molar-refractivity contribution in [2.75, 3.05) is 0 Å². The lowest BCUT2D eigenvalue weighted by Crippen LogP contribution is -2.36. The minimum atomic E-state index is -0.608. The molecule has 0 saturated heterocycles. The standard InChI is InChI=1S/C15H21NO2/c1-12-3-2-7-15(11-12,14(17)18)8-4-13-5-9-16-10-6-13/h5-6,9-10,12H,2-4,7-8,11H2,1H3,(H,17,18). The van der Waals surface area contributed by atoms with E-state index in [-0.39, 0.29) is 0 Å². The van der Waals surface area contributed by atoms with Crippen LogP contribution in [0.25, 0.3) is 0 Å². The molecule has 98 valence electrons. The molecule has 18 heavy (non-hydrogen) atoms. The summed E-state index contributed by atoms with van der Waals surface area (Å²) in [6, 6.07) is 3.95. The van der Waals surface area contributed by atoms with Gasteiger partial charge in [0.1, 0.15) is 0 Å². The molecule has 1 heterocycles. The van der Waals surface area contributed by atoms with Gasteiger partial charge in [-0.05, 0) is 49.3 Å². The Kier molecular flexibility index (Phi) is 4.00. The summed E-state index contributed by atoms with van der Waals surface area (Å²) in [5.41, 5.74) is 0.685. The molecular formula is C15H21NO2. The summed E-state index contributed by atoms with van der Waals surface area (Å²) in [6.45, 7) is 2.17. The fourth-order valence-corrected chi connectivity index (χ4v) is 3.12. The molecule has 1 saturated carbocycles. The third-order valence-corrected chi connectivity index (χ3v) is 4.19. The molecule has 2 unspecified atom stereocenters. The van der Waals surface area contributed by atoms with Crippen LogP contribution in [-0.2, 0) is 11.2 Å². The first kappa shape index (κ1) is 13.1. The molecule has 2 rings (SSSR count). The number of aromatic nitrogens is 1. The van der Waals surface area contributed by atoms with E-state index < -0.39 is 11.4 Å². The Morgan fingerprint density at radius 3 is 2.83 bits per heavy atom. The second-order valence-corrected chi connectivity index (χ2v) is 5.64. The average molecular weight is 247 g/mol. The van der Waals surface area contributed by atoms with Gasteiger partial charge >= 0.3 is 5.97 Å². The number of hydrogen-bond acceptors (Lipinski definition) is 2. The highest BCUT2D eigenvalue weighted by Crippen LogP contribution is 2.42. The van der Waals surface area contributed by atoms with Gasteiger partial charge in [0.2, 0.25) is 0 Å². The highest BCUT2D eigenvalue weighted by atomic mass is 16.4. The first-order chi connectivity index (χ1) is 8.62. The van der Waals surface area contributed by atoms with Crippen molar-refractivity contribution in [3.8, 4) is 0 Å². The molecule has 3 heteroatoms. The van der Waals surface area contributed by atoms with Crippen LogP contribution < -0.4 is 0 Å². The Morgan fingerprint density at radius 1 is 1.50 bits per heavy atom. The molecule has 1 N–H and O–H groups in total. The Hall–Kier alpha value is -1.38. The van der Waals surface area contributed by atoms with E-state index in [9.17, 15) is 9.90 Å². The predicted molar refractivity (Wildman–Crippen MR) is 70.3 cm³/mol. The van der Waals surface area contributed by atoms with Crippen molar-refractivity contribution < 1.29 is 9.90 Å². The van der Waals surface area contributed by atoms with Crippen LogP contribution in [0.2, 0.25) is 0 Å². The summed E-state index contributed by atoms with van der Waals surface area (Å²) >= 11 is 0. The summed E-state index contributed by atoms with van der Waals surface area (Å²) in [5.74, 6) is -0.0737. The third kappa shape index (κ3) is 2.89. The number of carboxylic acids is 1. The molecule has 0 aliphatic heterocycles. The van der Waals surface area contributed by atoms with Crippen LogP contribution in [0, 0.1) is 11.3 Å². The topological polar surface area (TPSA) is 50.2 Å². The van der Waals surface area contributed by atoms with Crippen molar-refractivity contribution in [2.24, 2.45) is 11.3 Å². The van der Waals surface area contributed by atoms with Gasteiger partial charge in [0, 0.05) is 12.4 Å². The van der Waals surface area contributed by atoms with Crippen molar-refractivity contribution in [3.63, 3.8) is 0 Å². The smallest absolute Gasteiger partial charge is 0.309 e. The highest BCUT2D eigenvalue weighted by molar-refractivity contribution is 5.74. The number of carbonyl (C=O) groups is 1. The SMILES string of the molecule is CC1CCCC(CCc2ccncc2)(C(=O)O)C1. The maximum Gasteiger partial charge on any atom is 0.309 e. The minimum Gasteiger partial charge on any atom is -0.481 e. The Morgan fingerprint density at radius 2 is 2.22 bits per heavy atom. The van der Waals surface area contributed by atoms with Crippen LogP contribution >= 0.6 is 0 Å². The zero-order chi connectivity index (χ0) is 13.0. The number of aliphatic carboxylic acids is 1. The molecule has 2 atom stereocenters. The van der Waals surface area contributed by atoms with E-state index in [0.29, 0.717) is 5.92 Å². The molecule has 0 radical (unpaired) electrons. The third-order valence-electron chi connectivity index (χ3n) is 4.19. The molecule has 1 aliphatic carbocycles. The van der Waals surface area contributed by atoms with Crippen molar-refractivity contribution in [1.82, 2.24) is 4.98 Å². The second kappa shape index (κ2) is 5.51. The van der Waals surface area contributed by atoms with Gasteiger partial charge in [-0.25, -0.2) is 0 Å². The molecule has 0 spiro atoms. The monoisotopic (exact) mass is 247 g/mol. The lowest BCUT2D eigenvalue weighted by molar-refractivity contribution is -0.152. The molecule has 0 aromatic carbocycles. The average Bonchev–Trinajstić information content (AvgIpc) is 2.37. The number of aryl methyl sites for hydroxylation is 1. The summed E-state index contributed by atoms with van der Waals surface area (Å²) in [6.07, 6.45) is 9.00.